The molecule has 1 unspecified atom stereocenters. The Bertz CT molecular complexity index is 354. The molecule has 0 aliphatic heterocycles. The zero-order valence-corrected chi connectivity index (χ0v) is 9.42. The third-order valence-corrected chi connectivity index (χ3v) is 2.91. The van der Waals surface area contributed by atoms with E-state index >= 15 is 0 Å². The lowest BCUT2D eigenvalue weighted by Gasteiger charge is -2.08. The first-order valence-corrected chi connectivity index (χ1v) is 5.02. The van der Waals surface area contributed by atoms with Crippen LogP contribution >= 0.6 is 27.5 Å². The van der Waals surface area contributed by atoms with Gasteiger partial charge in [0, 0.05) is 4.47 Å². The minimum Gasteiger partial charge on any atom is -0.481 e. The first-order chi connectivity index (χ1) is 6.50. The fraction of sp³-hybridized carbons (Fsp3) is 0.222. The van der Waals surface area contributed by atoms with Gasteiger partial charge in [0.05, 0.1) is 17.5 Å². The number of hydrogen-bond acceptors (Lipinski definition) is 2. The Labute approximate surface area is 94.4 Å². The molecule has 0 bridgehead atoms. The second-order valence-electron chi connectivity index (χ2n) is 2.79. The Kier molecular flexibility index (Phi) is 3.92. The minimum atomic E-state index is -1.04. The molecule has 1 aromatic rings. The maximum atomic E-state index is 10.3. The SMILES string of the molecule is O=C(O)CC(O)c1ccc(Cl)c(Br)c1. The summed E-state index contributed by atoms with van der Waals surface area (Å²) in [6, 6.07) is 4.81. The predicted molar refractivity (Wildman–Crippen MR) is 56.4 cm³/mol. The molecule has 1 rings (SSSR count). The van der Waals surface area contributed by atoms with E-state index < -0.39 is 12.1 Å². The summed E-state index contributed by atoms with van der Waals surface area (Å²) in [7, 11) is 0. The summed E-state index contributed by atoms with van der Waals surface area (Å²) >= 11 is 8.94. The van der Waals surface area contributed by atoms with Crippen molar-refractivity contribution in [2.24, 2.45) is 0 Å². The van der Waals surface area contributed by atoms with Crippen molar-refractivity contribution in [2.75, 3.05) is 0 Å². The topological polar surface area (TPSA) is 57.5 Å². The van der Waals surface area contributed by atoms with E-state index in [0.29, 0.717) is 15.1 Å². The third kappa shape index (κ3) is 2.97. The van der Waals surface area contributed by atoms with Crippen molar-refractivity contribution in [1.82, 2.24) is 0 Å². The molecule has 14 heavy (non-hydrogen) atoms. The smallest absolute Gasteiger partial charge is 0.306 e. The molecule has 0 heterocycles. The first kappa shape index (κ1) is 11.5. The van der Waals surface area contributed by atoms with Gasteiger partial charge in [-0.25, -0.2) is 0 Å². The molecule has 0 aliphatic rings. The molecule has 0 fully saturated rings. The quantitative estimate of drug-likeness (QED) is 0.894. The maximum absolute atomic E-state index is 10.3. The minimum absolute atomic E-state index is 0.311. The standard InChI is InChI=1S/C9H8BrClO3/c10-6-3-5(1-2-7(6)11)8(12)4-9(13)14/h1-3,8,12H,4H2,(H,13,14). The largest absolute Gasteiger partial charge is 0.481 e. The van der Waals surface area contributed by atoms with Crippen molar-refractivity contribution in [3.8, 4) is 0 Å². The van der Waals surface area contributed by atoms with Gasteiger partial charge in [0.2, 0.25) is 0 Å². The van der Waals surface area contributed by atoms with Crippen LogP contribution in [0.25, 0.3) is 0 Å². The van der Waals surface area contributed by atoms with Gasteiger partial charge >= 0.3 is 5.97 Å². The van der Waals surface area contributed by atoms with Crippen LogP contribution in [0.4, 0.5) is 0 Å². The first-order valence-electron chi connectivity index (χ1n) is 3.85. The zero-order valence-electron chi connectivity index (χ0n) is 7.08. The Morgan fingerprint density at radius 1 is 1.57 bits per heavy atom. The molecular formula is C9H8BrClO3. The lowest BCUT2D eigenvalue weighted by atomic mass is 10.1. The molecule has 0 spiro atoms. The molecule has 0 saturated heterocycles. The molecule has 0 aliphatic carbocycles. The Balaban J connectivity index is 2.85. The molecule has 0 saturated carbocycles. The number of aliphatic hydroxyl groups is 1. The molecule has 2 N–H and O–H groups in total. The fourth-order valence-electron chi connectivity index (χ4n) is 1.00. The second-order valence-corrected chi connectivity index (χ2v) is 4.05. The molecule has 0 amide bonds. The van der Waals surface area contributed by atoms with Crippen LogP contribution in [0.1, 0.15) is 18.1 Å². The van der Waals surface area contributed by atoms with Crippen molar-refractivity contribution in [3.05, 3.63) is 33.3 Å². The average Bonchev–Trinajstić information content (AvgIpc) is 2.08. The monoisotopic (exact) mass is 278 g/mol. The van der Waals surface area contributed by atoms with Crippen LogP contribution in [0.2, 0.25) is 5.02 Å². The van der Waals surface area contributed by atoms with E-state index in [-0.39, 0.29) is 6.42 Å². The third-order valence-electron chi connectivity index (χ3n) is 1.70. The van der Waals surface area contributed by atoms with Crippen LogP contribution in [0, 0.1) is 0 Å². The van der Waals surface area contributed by atoms with Gasteiger partial charge in [0.15, 0.2) is 0 Å². The number of carbonyl (C=O) groups is 1. The van der Waals surface area contributed by atoms with Crippen LogP contribution in [-0.4, -0.2) is 16.2 Å². The zero-order chi connectivity index (χ0) is 10.7. The Morgan fingerprint density at radius 3 is 2.71 bits per heavy atom. The van der Waals surface area contributed by atoms with E-state index in [1.165, 1.54) is 0 Å². The number of hydrogen-bond donors (Lipinski definition) is 2. The van der Waals surface area contributed by atoms with Crippen molar-refractivity contribution in [2.45, 2.75) is 12.5 Å². The number of benzene rings is 1. The van der Waals surface area contributed by atoms with Gasteiger partial charge in [-0.2, -0.15) is 0 Å². The predicted octanol–water partition coefficient (Wildman–Crippen LogP) is 2.61. The van der Waals surface area contributed by atoms with Crippen molar-refractivity contribution < 1.29 is 15.0 Å². The van der Waals surface area contributed by atoms with E-state index in [1.54, 1.807) is 18.2 Å². The highest BCUT2D eigenvalue weighted by Crippen LogP contribution is 2.27. The van der Waals surface area contributed by atoms with E-state index in [0.717, 1.165) is 0 Å². The molecule has 76 valence electrons. The normalized spacial score (nSPS) is 12.5. The number of rotatable bonds is 3. The number of aliphatic hydroxyl groups excluding tert-OH is 1. The number of carboxylic acids is 1. The van der Waals surface area contributed by atoms with Crippen LogP contribution < -0.4 is 0 Å². The number of aliphatic carboxylic acids is 1. The molecule has 0 aromatic heterocycles. The average molecular weight is 280 g/mol. The summed E-state index contributed by atoms with van der Waals surface area (Å²) in [6.07, 6.45) is -1.31. The summed E-state index contributed by atoms with van der Waals surface area (Å²) < 4.78 is 0.640. The summed E-state index contributed by atoms with van der Waals surface area (Å²) in [4.78, 5) is 10.3. The number of carboxylic acid groups (broad SMARTS) is 1. The van der Waals surface area contributed by atoms with Gasteiger partial charge in [-0.1, -0.05) is 17.7 Å². The molecule has 1 atom stereocenters. The Hall–Kier alpha value is -0.580. The van der Waals surface area contributed by atoms with Crippen molar-refractivity contribution >= 4 is 33.5 Å². The highest BCUT2D eigenvalue weighted by molar-refractivity contribution is 9.10. The summed E-state index contributed by atoms with van der Waals surface area (Å²) in [5, 5.41) is 18.5. The summed E-state index contributed by atoms with van der Waals surface area (Å²) in [5.41, 5.74) is 0.531. The summed E-state index contributed by atoms with van der Waals surface area (Å²) in [5.74, 6) is -1.04. The molecule has 5 heteroatoms. The van der Waals surface area contributed by atoms with Gasteiger partial charge in [-0.3, -0.25) is 4.79 Å². The van der Waals surface area contributed by atoms with Gasteiger partial charge in [0.25, 0.3) is 0 Å². The van der Waals surface area contributed by atoms with Crippen molar-refractivity contribution in [1.29, 1.82) is 0 Å². The van der Waals surface area contributed by atoms with Crippen LogP contribution in [0.3, 0.4) is 0 Å². The van der Waals surface area contributed by atoms with Gasteiger partial charge in [0.1, 0.15) is 0 Å². The molecular weight excluding hydrogens is 271 g/mol. The van der Waals surface area contributed by atoms with E-state index in [1.807, 2.05) is 0 Å². The van der Waals surface area contributed by atoms with Gasteiger partial charge in [-0.15, -0.1) is 0 Å². The highest BCUT2D eigenvalue weighted by atomic mass is 79.9. The number of halogens is 2. The van der Waals surface area contributed by atoms with E-state index in [4.69, 9.17) is 16.7 Å². The van der Waals surface area contributed by atoms with Crippen molar-refractivity contribution in [3.63, 3.8) is 0 Å². The molecule has 3 nitrogen and oxygen atoms in total. The summed E-state index contributed by atoms with van der Waals surface area (Å²) in [6.45, 7) is 0. The van der Waals surface area contributed by atoms with E-state index in [2.05, 4.69) is 15.9 Å². The lowest BCUT2D eigenvalue weighted by molar-refractivity contribution is -0.139. The Morgan fingerprint density at radius 2 is 2.21 bits per heavy atom. The van der Waals surface area contributed by atoms with Crippen LogP contribution in [-0.2, 0) is 4.79 Å². The second kappa shape index (κ2) is 4.77. The van der Waals surface area contributed by atoms with Crippen LogP contribution in [0.5, 0.6) is 0 Å². The molecule has 1 aromatic carbocycles. The maximum Gasteiger partial charge on any atom is 0.306 e. The van der Waals surface area contributed by atoms with Gasteiger partial charge in [-0.05, 0) is 33.6 Å². The highest BCUT2D eigenvalue weighted by Gasteiger charge is 2.12. The van der Waals surface area contributed by atoms with Gasteiger partial charge < -0.3 is 10.2 Å². The lowest BCUT2D eigenvalue weighted by Crippen LogP contribution is -2.05. The van der Waals surface area contributed by atoms with Crippen LogP contribution in [0.15, 0.2) is 22.7 Å². The van der Waals surface area contributed by atoms with E-state index in [9.17, 15) is 9.90 Å². The molecule has 0 radical (unpaired) electrons. The fourth-order valence-corrected chi connectivity index (χ4v) is 1.52.